The maximum Gasteiger partial charge on any atom is 0.173 e. The molecular weight excluding hydrogens is 304 g/mol. The van der Waals surface area contributed by atoms with Crippen molar-refractivity contribution in [1.82, 2.24) is 14.3 Å². The second-order valence-corrected chi connectivity index (χ2v) is 6.65. The maximum atomic E-state index is 11.8. The summed E-state index contributed by atoms with van der Waals surface area (Å²) >= 11 is 0.105. The van der Waals surface area contributed by atoms with E-state index in [4.69, 9.17) is 0 Å². The van der Waals surface area contributed by atoms with Crippen LogP contribution in [0.4, 0.5) is 0 Å². The maximum absolute atomic E-state index is 11.8. The Labute approximate surface area is 132 Å². The van der Waals surface area contributed by atoms with E-state index in [1.54, 1.807) is 6.20 Å². The number of hydrogen-bond donors (Lipinski definition) is 0. The van der Waals surface area contributed by atoms with Gasteiger partial charge in [-0.3, -0.25) is 4.98 Å². The van der Waals surface area contributed by atoms with Gasteiger partial charge in [-0.15, -0.1) is 0 Å². The van der Waals surface area contributed by atoms with Crippen LogP contribution in [-0.2, 0) is 11.4 Å². The lowest BCUT2D eigenvalue weighted by Crippen LogP contribution is -2.06. The zero-order chi connectivity index (χ0) is 15.2. The first-order chi connectivity index (χ1) is 10.1. The average Bonchev–Trinajstić information content (AvgIpc) is 2.95. The topological polar surface area (TPSA) is 74.1 Å². The van der Waals surface area contributed by atoms with Crippen LogP contribution in [0.15, 0.2) is 22.7 Å². The molecule has 1 atom stereocenters. The van der Waals surface area contributed by atoms with Crippen molar-refractivity contribution < 1.29 is 4.55 Å². The number of hydrogen-bond acceptors (Lipinski definition) is 6. The van der Waals surface area contributed by atoms with Crippen molar-refractivity contribution in [2.24, 2.45) is 4.40 Å². The van der Waals surface area contributed by atoms with Gasteiger partial charge in [0.05, 0.1) is 11.4 Å². The van der Waals surface area contributed by atoms with Crippen molar-refractivity contribution >= 4 is 28.6 Å². The van der Waals surface area contributed by atoms with Crippen LogP contribution in [-0.4, -0.2) is 30.4 Å². The van der Waals surface area contributed by atoms with Gasteiger partial charge in [-0.1, -0.05) is 17.7 Å². The molecule has 0 radical (unpaired) electrons. The average molecular weight is 322 g/mol. The molecule has 0 saturated carbocycles. The van der Waals surface area contributed by atoms with Crippen LogP contribution in [0.5, 0.6) is 0 Å². The number of pyridine rings is 1. The van der Waals surface area contributed by atoms with E-state index in [-0.39, 0.29) is 0 Å². The first kappa shape index (κ1) is 16.1. The molecule has 0 aliphatic carbocycles. The summed E-state index contributed by atoms with van der Waals surface area (Å²) in [5.41, 5.74) is 2.54. The molecule has 5 nitrogen and oxygen atoms in total. The first-order valence-electron chi connectivity index (χ1n) is 6.81. The highest BCUT2D eigenvalue weighted by Gasteiger charge is 2.12. The van der Waals surface area contributed by atoms with E-state index in [2.05, 4.69) is 25.7 Å². The third-order valence-corrected chi connectivity index (χ3v) is 4.74. The minimum absolute atomic E-state index is 0.600. The molecule has 21 heavy (non-hydrogen) atoms. The van der Waals surface area contributed by atoms with Gasteiger partial charge in [0.25, 0.3) is 0 Å². The predicted molar refractivity (Wildman–Crippen MR) is 88.0 cm³/mol. The van der Waals surface area contributed by atoms with Gasteiger partial charge in [0.2, 0.25) is 0 Å². The van der Waals surface area contributed by atoms with Crippen molar-refractivity contribution in [3.05, 3.63) is 29.0 Å². The fraction of sp³-hybridized carbons (Fsp3) is 0.429. The highest BCUT2D eigenvalue weighted by atomic mass is 32.2. The van der Waals surface area contributed by atoms with Crippen LogP contribution >= 0.6 is 11.5 Å². The Kier molecular flexibility index (Phi) is 5.84. The van der Waals surface area contributed by atoms with Gasteiger partial charge in [-0.2, -0.15) is 4.37 Å². The zero-order valence-corrected chi connectivity index (χ0v) is 14.0. The molecule has 2 rings (SSSR count). The Morgan fingerprint density at radius 3 is 3.00 bits per heavy atom. The standard InChI is InChI=1S/C14H18N4OS2/c1-4-5-8-21(19)18-11(3)14-16-13(17-20-14)12-6-7-15-10(2)9-12/h6-7,9H,4-5,8H2,1-3H3/b18-11+/t21-/m1/s1. The SMILES string of the molecule is CCCC[S@@+]([O-])/N=C(\C)c1nc(-c2ccnc(C)c2)ns1. The van der Waals surface area contributed by atoms with Crippen LogP contribution in [0.25, 0.3) is 11.4 Å². The van der Waals surface area contributed by atoms with E-state index >= 15 is 0 Å². The highest BCUT2D eigenvalue weighted by molar-refractivity contribution is 7.90. The predicted octanol–water partition coefficient (Wildman–Crippen LogP) is 3.18. The molecule has 0 fully saturated rings. The molecule has 0 spiro atoms. The monoisotopic (exact) mass is 322 g/mol. The molecule has 0 unspecified atom stereocenters. The van der Waals surface area contributed by atoms with Crippen molar-refractivity contribution in [2.75, 3.05) is 5.75 Å². The summed E-state index contributed by atoms with van der Waals surface area (Å²) < 4.78 is 20.3. The molecule has 2 heterocycles. The minimum atomic E-state index is -1.17. The largest absolute Gasteiger partial charge is 0.591 e. The van der Waals surface area contributed by atoms with Gasteiger partial charge in [-0.25, -0.2) is 4.98 Å². The Hall–Kier alpha value is -1.31. The molecular formula is C14H18N4OS2. The summed E-state index contributed by atoms with van der Waals surface area (Å²) in [6, 6.07) is 3.82. The normalized spacial score (nSPS) is 13.4. The van der Waals surface area contributed by atoms with Gasteiger partial charge >= 0.3 is 0 Å². The highest BCUT2D eigenvalue weighted by Crippen LogP contribution is 2.19. The fourth-order valence-corrected chi connectivity index (χ4v) is 3.38. The van der Waals surface area contributed by atoms with Crippen LogP contribution < -0.4 is 0 Å². The van der Waals surface area contributed by atoms with E-state index in [1.807, 2.05) is 26.0 Å². The number of aromatic nitrogens is 3. The molecule has 0 saturated heterocycles. The van der Waals surface area contributed by atoms with Gasteiger partial charge in [0, 0.05) is 17.5 Å². The molecule has 0 aromatic carbocycles. The van der Waals surface area contributed by atoms with Gasteiger partial charge in [-0.05, 0) is 43.9 Å². The Morgan fingerprint density at radius 2 is 2.29 bits per heavy atom. The van der Waals surface area contributed by atoms with Crippen LogP contribution in [0, 0.1) is 6.92 Å². The quantitative estimate of drug-likeness (QED) is 0.605. The summed E-state index contributed by atoms with van der Waals surface area (Å²) in [6.45, 7) is 5.83. The van der Waals surface area contributed by atoms with E-state index in [0.29, 0.717) is 22.3 Å². The van der Waals surface area contributed by atoms with Crippen molar-refractivity contribution in [3.8, 4) is 11.4 Å². The molecule has 0 bridgehead atoms. The number of unbranched alkanes of at least 4 members (excludes halogenated alkanes) is 1. The smallest absolute Gasteiger partial charge is 0.173 e. The number of nitrogens with zero attached hydrogens (tertiary/aromatic N) is 4. The van der Waals surface area contributed by atoms with E-state index in [9.17, 15) is 4.55 Å². The summed E-state index contributed by atoms with van der Waals surface area (Å²) in [5, 5.41) is 0.712. The molecule has 112 valence electrons. The Bertz CT molecular complexity index is 627. The molecule has 0 amide bonds. The lowest BCUT2D eigenvalue weighted by Gasteiger charge is -2.02. The van der Waals surface area contributed by atoms with Crippen molar-refractivity contribution in [3.63, 3.8) is 0 Å². The minimum Gasteiger partial charge on any atom is -0.591 e. The second kappa shape index (κ2) is 7.63. The summed E-state index contributed by atoms with van der Waals surface area (Å²) in [7, 11) is 0. The molecule has 2 aromatic heterocycles. The zero-order valence-electron chi connectivity index (χ0n) is 12.4. The van der Waals surface area contributed by atoms with Crippen LogP contribution in [0.2, 0.25) is 0 Å². The van der Waals surface area contributed by atoms with Gasteiger partial charge in [0.15, 0.2) is 10.8 Å². The van der Waals surface area contributed by atoms with Gasteiger partial charge < -0.3 is 4.55 Å². The molecule has 0 aliphatic rings. The lowest BCUT2D eigenvalue weighted by molar-refractivity contribution is 0.593. The van der Waals surface area contributed by atoms with E-state index in [1.165, 1.54) is 11.5 Å². The first-order valence-corrected chi connectivity index (χ1v) is 8.86. The summed E-state index contributed by atoms with van der Waals surface area (Å²) in [5.74, 6) is 1.26. The van der Waals surface area contributed by atoms with Gasteiger partial charge in [0.1, 0.15) is 11.5 Å². The Morgan fingerprint density at radius 1 is 1.48 bits per heavy atom. The number of rotatable bonds is 6. The summed E-state index contributed by atoms with van der Waals surface area (Å²) in [4.78, 5) is 8.63. The Balaban J connectivity index is 2.14. The molecule has 0 N–H and O–H groups in total. The molecule has 7 heteroatoms. The second-order valence-electron chi connectivity index (χ2n) is 4.66. The fourth-order valence-electron chi connectivity index (χ4n) is 1.68. The summed E-state index contributed by atoms with van der Waals surface area (Å²) in [6.07, 6.45) is 3.68. The molecule has 0 aliphatic heterocycles. The van der Waals surface area contributed by atoms with E-state index < -0.39 is 11.4 Å². The van der Waals surface area contributed by atoms with Crippen LogP contribution in [0.3, 0.4) is 0 Å². The van der Waals surface area contributed by atoms with Crippen molar-refractivity contribution in [2.45, 2.75) is 33.6 Å². The van der Waals surface area contributed by atoms with E-state index in [0.717, 1.165) is 24.1 Å². The lowest BCUT2D eigenvalue weighted by atomic mass is 10.2. The van der Waals surface area contributed by atoms with Crippen LogP contribution in [0.1, 0.15) is 37.4 Å². The number of aryl methyl sites for hydroxylation is 1. The van der Waals surface area contributed by atoms with Crippen molar-refractivity contribution in [1.29, 1.82) is 0 Å². The third kappa shape index (κ3) is 4.59. The third-order valence-electron chi connectivity index (χ3n) is 2.80. The molecule has 2 aromatic rings.